The second-order valence-electron chi connectivity index (χ2n) is 5.09. The van der Waals surface area contributed by atoms with E-state index in [9.17, 15) is 15.2 Å². The van der Waals surface area contributed by atoms with Crippen molar-refractivity contribution in [2.45, 2.75) is 18.4 Å². The molecule has 0 aliphatic carbocycles. The Balaban J connectivity index is 2.12. The first-order valence-electron chi connectivity index (χ1n) is 6.36. The van der Waals surface area contributed by atoms with Gasteiger partial charge in [0, 0.05) is 51.8 Å². The van der Waals surface area contributed by atoms with E-state index in [0.29, 0.717) is 43.3 Å². The molecule has 7 heteroatoms. The van der Waals surface area contributed by atoms with Crippen LogP contribution in [0, 0.1) is 10.1 Å². The number of rotatable bonds is 4. The summed E-state index contributed by atoms with van der Waals surface area (Å²) < 4.78 is 5.24. The van der Waals surface area contributed by atoms with E-state index in [1.807, 2.05) is 4.90 Å². The molecule has 1 saturated heterocycles. The topological polar surface area (TPSA) is 75.8 Å². The van der Waals surface area contributed by atoms with Gasteiger partial charge in [-0.2, -0.15) is 0 Å². The zero-order valence-electron chi connectivity index (χ0n) is 11.2. The minimum absolute atomic E-state index is 0.0445. The zero-order chi connectivity index (χ0) is 14.8. The highest BCUT2D eigenvalue weighted by Gasteiger charge is 2.31. The fourth-order valence-corrected chi connectivity index (χ4v) is 2.67. The van der Waals surface area contributed by atoms with Gasteiger partial charge in [0.2, 0.25) is 0 Å². The van der Waals surface area contributed by atoms with Crippen molar-refractivity contribution in [3.8, 4) is 0 Å². The summed E-state index contributed by atoms with van der Waals surface area (Å²) >= 11 is 6.08. The number of non-ortho nitro benzene ring substituents is 1. The number of anilines is 1. The molecule has 1 aromatic carbocycles. The summed E-state index contributed by atoms with van der Waals surface area (Å²) in [7, 11) is 1.81. The lowest BCUT2D eigenvalue weighted by Gasteiger charge is -2.36. The van der Waals surface area contributed by atoms with Gasteiger partial charge in [-0.25, -0.2) is 0 Å². The smallest absolute Gasteiger partial charge is 0.271 e. The number of hydrogen-bond acceptors (Lipinski definition) is 5. The van der Waals surface area contributed by atoms with Gasteiger partial charge in [-0.1, -0.05) is 11.6 Å². The summed E-state index contributed by atoms with van der Waals surface area (Å²) in [4.78, 5) is 12.0. The van der Waals surface area contributed by atoms with Crippen LogP contribution < -0.4 is 4.90 Å². The number of halogens is 1. The van der Waals surface area contributed by atoms with Crippen molar-refractivity contribution >= 4 is 23.0 Å². The summed E-state index contributed by atoms with van der Waals surface area (Å²) in [6.07, 6.45) is 1.14. The Bertz CT molecular complexity index is 503. The number of nitro groups is 1. The molecule has 2 rings (SSSR count). The van der Waals surface area contributed by atoms with E-state index in [-0.39, 0.29) is 5.69 Å². The molecule has 6 nitrogen and oxygen atoms in total. The number of ether oxygens (including phenoxy) is 1. The SMILES string of the molecule is CN(CC1(O)CCOCC1)c1ccc([N+](=O)[O-])cc1Cl. The maximum atomic E-state index is 10.7. The second-order valence-corrected chi connectivity index (χ2v) is 5.49. The third-order valence-corrected chi connectivity index (χ3v) is 3.81. The number of likely N-dealkylation sites (N-methyl/N-ethyl adjacent to an activating group) is 1. The molecular weight excluding hydrogens is 284 g/mol. The molecule has 0 aromatic heterocycles. The standard InChI is InChI=1S/C13H17ClN2O4/c1-15(9-13(17)4-6-20-7-5-13)12-3-2-10(16(18)19)8-11(12)14/h2-3,8,17H,4-7,9H2,1H3. The summed E-state index contributed by atoms with van der Waals surface area (Å²) in [6, 6.07) is 4.33. The van der Waals surface area contributed by atoms with Crippen LogP contribution in [-0.2, 0) is 4.74 Å². The molecule has 0 radical (unpaired) electrons. The molecule has 0 atom stereocenters. The highest BCUT2D eigenvalue weighted by Crippen LogP contribution is 2.31. The lowest BCUT2D eigenvalue weighted by atomic mass is 9.94. The van der Waals surface area contributed by atoms with Gasteiger partial charge in [-0.05, 0) is 6.07 Å². The second kappa shape index (κ2) is 5.95. The van der Waals surface area contributed by atoms with Crippen LogP contribution in [0.4, 0.5) is 11.4 Å². The fourth-order valence-electron chi connectivity index (χ4n) is 2.36. The first kappa shape index (κ1) is 15.0. The monoisotopic (exact) mass is 300 g/mol. The van der Waals surface area contributed by atoms with E-state index in [1.165, 1.54) is 12.1 Å². The molecule has 1 fully saturated rings. The van der Waals surface area contributed by atoms with Crippen LogP contribution in [0.1, 0.15) is 12.8 Å². The fraction of sp³-hybridized carbons (Fsp3) is 0.538. The first-order valence-corrected chi connectivity index (χ1v) is 6.74. The average Bonchev–Trinajstić information content (AvgIpc) is 2.38. The van der Waals surface area contributed by atoms with E-state index in [0.717, 1.165) is 0 Å². The predicted octanol–water partition coefficient (Wildman–Crippen LogP) is 2.23. The first-order chi connectivity index (χ1) is 9.41. The quantitative estimate of drug-likeness (QED) is 0.681. The normalized spacial score (nSPS) is 17.8. The van der Waals surface area contributed by atoms with Gasteiger partial charge in [-0.15, -0.1) is 0 Å². The number of aliphatic hydroxyl groups is 1. The van der Waals surface area contributed by atoms with E-state index in [4.69, 9.17) is 16.3 Å². The summed E-state index contributed by atoms with van der Waals surface area (Å²) in [5.74, 6) is 0. The number of hydrogen-bond donors (Lipinski definition) is 1. The molecule has 0 unspecified atom stereocenters. The predicted molar refractivity (Wildman–Crippen MR) is 76.4 cm³/mol. The van der Waals surface area contributed by atoms with Crippen molar-refractivity contribution < 1.29 is 14.8 Å². The van der Waals surface area contributed by atoms with Crippen LogP contribution in [-0.4, -0.2) is 42.4 Å². The van der Waals surface area contributed by atoms with Gasteiger partial charge in [0.15, 0.2) is 0 Å². The Hall–Kier alpha value is -1.37. The molecule has 0 amide bonds. The molecule has 110 valence electrons. The zero-order valence-corrected chi connectivity index (χ0v) is 12.0. The van der Waals surface area contributed by atoms with Gasteiger partial charge in [0.1, 0.15) is 0 Å². The molecule has 0 bridgehead atoms. The summed E-state index contributed by atoms with van der Waals surface area (Å²) in [5, 5.41) is 21.4. The van der Waals surface area contributed by atoms with Gasteiger partial charge in [-0.3, -0.25) is 10.1 Å². The molecule has 1 heterocycles. The van der Waals surface area contributed by atoms with Crippen molar-refractivity contribution in [1.82, 2.24) is 0 Å². The molecule has 0 spiro atoms. The maximum absolute atomic E-state index is 10.7. The van der Waals surface area contributed by atoms with Crippen LogP contribution in [0.3, 0.4) is 0 Å². The molecule has 1 aromatic rings. The van der Waals surface area contributed by atoms with Gasteiger partial charge in [0.05, 0.1) is 21.2 Å². The summed E-state index contributed by atoms with van der Waals surface area (Å²) in [6.45, 7) is 1.49. The highest BCUT2D eigenvalue weighted by atomic mass is 35.5. The van der Waals surface area contributed by atoms with Crippen LogP contribution in [0.15, 0.2) is 18.2 Å². The highest BCUT2D eigenvalue weighted by molar-refractivity contribution is 6.33. The Morgan fingerprint density at radius 3 is 2.70 bits per heavy atom. The van der Waals surface area contributed by atoms with Crippen LogP contribution >= 0.6 is 11.6 Å². The molecule has 1 aliphatic rings. The minimum atomic E-state index is -0.807. The van der Waals surface area contributed by atoms with Gasteiger partial charge < -0.3 is 14.7 Å². The van der Waals surface area contributed by atoms with Gasteiger partial charge in [0.25, 0.3) is 5.69 Å². The number of benzene rings is 1. The Morgan fingerprint density at radius 2 is 2.15 bits per heavy atom. The van der Waals surface area contributed by atoms with Crippen molar-refractivity contribution in [3.05, 3.63) is 33.3 Å². The van der Waals surface area contributed by atoms with Crippen molar-refractivity contribution in [3.63, 3.8) is 0 Å². The minimum Gasteiger partial charge on any atom is -0.388 e. The lowest BCUT2D eigenvalue weighted by molar-refractivity contribution is -0.384. The Kier molecular flexibility index (Phi) is 4.47. The van der Waals surface area contributed by atoms with E-state index < -0.39 is 10.5 Å². The lowest BCUT2D eigenvalue weighted by Crippen LogP contribution is -2.45. The number of nitro benzene ring substituents is 1. The molecule has 1 N–H and O–H groups in total. The van der Waals surface area contributed by atoms with Crippen LogP contribution in [0.25, 0.3) is 0 Å². The van der Waals surface area contributed by atoms with Crippen LogP contribution in [0.5, 0.6) is 0 Å². The van der Waals surface area contributed by atoms with E-state index in [1.54, 1.807) is 13.1 Å². The third-order valence-electron chi connectivity index (χ3n) is 3.51. The number of nitrogens with zero attached hydrogens (tertiary/aromatic N) is 2. The Labute approximate surface area is 122 Å². The largest absolute Gasteiger partial charge is 0.388 e. The average molecular weight is 301 g/mol. The third kappa shape index (κ3) is 3.39. The van der Waals surface area contributed by atoms with Crippen molar-refractivity contribution in [1.29, 1.82) is 0 Å². The molecule has 0 saturated carbocycles. The maximum Gasteiger partial charge on any atom is 0.271 e. The van der Waals surface area contributed by atoms with E-state index in [2.05, 4.69) is 0 Å². The summed E-state index contributed by atoms with van der Waals surface area (Å²) in [5.41, 5.74) is -0.188. The van der Waals surface area contributed by atoms with Gasteiger partial charge >= 0.3 is 0 Å². The van der Waals surface area contributed by atoms with Crippen LogP contribution in [0.2, 0.25) is 5.02 Å². The van der Waals surface area contributed by atoms with Crippen molar-refractivity contribution in [2.24, 2.45) is 0 Å². The van der Waals surface area contributed by atoms with Crippen molar-refractivity contribution in [2.75, 3.05) is 31.7 Å². The molecular formula is C13H17ClN2O4. The molecule has 20 heavy (non-hydrogen) atoms. The Morgan fingerprint density at radius 1 is 1.50 bits per heavy atom. The molecule has 1 aliphatic heterocycles. The van der Waals surface area contributed by atoms with E-state index >= 15 is 0 Å².